The van der Waals surface area contributed by atoms with Gasteiger partial charge in [-0.1, -0.05) is 0 Å². The monoisotopic (exact) mass is 125 g/mol. The first-order valence-corrected chi connectivity index (χ1v) is 0. The molecule has 0 amide bonds. The van der Waals surface area contributed by atoms with Crippen LogP contribution in [-0.4, -0.2) is 0 Å². The van der Waals surface area contributed by atoms with Crippen LogP contribution in [0.15, 0.2) is 0 Å². The molecule has 0 fully saturated rings. The zero-order chi connectivity index (χ0) is 0. The molecule has 0 rings (SSSR count). The minimum atomic E-state index is 0. The molecule has 0 aliphatic heterocycles. The van der Waals surface area contributed by atoms with Gasteiger partial charge in [0.25, 0.3) is 0 Å². The van der Waals surface area contributed by atoms with E-state index >= 15 is 0 Å². The Kier molecular flexibility index (Phi) is 68200. The van der Waals surface area contributed by atoms with Gasteiger partial charge in [0, 0.05) is 0 Å². The minimum Gasteiger partial charge on any atom is -0.693 e. The van der Waals surface area contributed by atoms with Crippen molar-refractivity contribution >= 4 is 0 Å². The number of rotatable bonds is 0. The largest absolute Gasteiger partial charge is 2.00 e. The third kappa shape index (κ3) is 199. The summed E-state index contributed by atoms with van der Waals surface area (Å²) >= 11 is 0. The van der Waals surface area contributed by atoms with Gasteiger partial charge >= 0.3 is 16.8 Å². The summed E-state index contributed by atoms with van der Waals surface area (Å²) in [7, 11) is 0. The normalized spacial score (nSPS) is 0. The zero-order valence-electron chi connectivity index (χ0n) is 2.90. The average molecular weight is 125 g/mol. The Morgan fingerprint density at radius 3 is 0.600 bits per heavy atom. The van der Waals surface area contributed by atoms with Crippen molar-refractivity contribution in [2.45, 2.75) is 0 Å². The Labute approximate surface area is 42.2 Å². The summed E-state index contributed by atoms with van der Waals surface area (Å²) in [5, 5.41) is 0. The summed E-state index contributed by atoms with van der Waals surface area (Å²) < 4.78 is 0. The maximum atomic E-state index is 0. The summed E-state index contributed by atoms with van der Waals surface area (Å²) in [6.07, 6.45) is 0. The van der Waals surface area contributed by atoms with E-state index in [2.05, 4.69) is 0 Å². The van der Waals surface area contributed by atoms with Crippen LogP contribution in [0, 0.1) is 0 Å². The predicted molar refractivity (Wildman–Crippen MR) is 20.6 cm³/mol. The van der Waals surface area contributed by atoms with Crippen molar-refractivity contribution < 1.29 is 16.8 Å². The first-order valence-electron chi connectivity index (χ1n) is 0. The van der Waals surface area contributed by atoms with Gasteiger partial charge in [0.15, 0.2) is 0 Å². The standard InChI is InChI=1S/Co.2H3N.2H2N/h;2*1H3;2*1H2/q+2;;;2*-1. The topological polar surface area (TPSA) is 137 Å². The summed E-state index contributed by atoms with van der Waals surface area (Å²) in [5.41, 5.74) is 0. The van der Waals surface area contributed by atoms with Gasteiger partial charge < -0.3 is 24.6 Å². The SMILES string of the molecule is N.N.[Co+2].[NH2-].[NH2-]. The van der Waals surface area contributed by atoms with E-state index in [4.69, 9.17) is 0 Å². The molecule has 0 atom stereocenters. The Morgan fingerprint density at radius 1 is 0.600 bits per heavy atom. The Hall–Kier alpha value is 0.346. The maximum Gasteiger partial charge on any atom is 2.00 e. The van der Waals surface area contributed by atoms with Crippen LogP contribution >= 0.6 is 0 Å². The van der Waals surface area contributed by atoms with Gasteiger partial charge in [-0.05, 0) is 0 Å². The fraction of sp³-hybridized carbons (Fsp3) is 0. The maximum absolute atomic E-state index is 0. The number of hydrogen-bond donors (Lipinski definition) is 2. The van der Waals surface area contributed by atoms with Crippen molar-refractivity contribution in [1.82, 2.24) is 12.3 Å². The van der Waals surface area contributed by atoms with Crippen LogP contribution in [0.4, 0.5) is 0 Å². The number of hydrogen-bond acceptors (Lipinski definition) is 2. The van der Waals surface area contributed by atoms with Crippen molar-refractivity contribution in [2.24, 2.45) is 0 Å². The van der Waals surface area contributed by atoms with Gasteiger partial charge in [-0.2, -0.15) is 0 Å². The molecule has 0 aromatic carbocycles. The van der Waals surface area contributed by atoms with Crippen LogP contribution in [0.25, 0.3) is 12.3 Å². The summed E-state index contributed by atoms with van der Waals surface area (Å²) in [6, 6.07) is 0. The molecule has 0 saturated carbocycles. The second-order valence-corrected chi connectivity index (χ2v) is 0. The summed E-state index contributed by atoms with van der Waals surface area (Å²) in [5.74, 6) is 0. The van der Waals surface area contributed by atoms with E-state index < -0.39 is 0 Å². The molecule has 0 bridgehead atoms. The fourth-order valence-electron chi connectivity index (χ4n) is 0. The fourth-order valence-corrected chi connectivity index (χ4v) is 0. The van der Waals surface area contributed by atoms with Crippen LogP contribution in [0.3, 0.4) is 0 Å². The van der Waals surface area contributed by atoms with Gasteiger partial charge in [-0.25, -0.2) is 0 Å². The van der Waals surface area contributed by atoms with Crippen LogP contribution in [0.1, 0.15) is 0 Å². The van der Waals surface area contributed by atoms with Crippen molar-refractivity contribution in [3.63, 3.8) is 0 Å². The van der Waals surface area contributed by atoms with Gasteiger partial charge in [0.05, 0.1) is 0 Å². The second-order valence-electron chi connectivity index (χ2n) is 0. The van der Waals surface area contributed by atoms with E-state index in [-0.39, 0.29) is 41.4 Å². The predicted octanol–water partition coefficient (Wildman–Crippen LogP) is 1.76. The molecule has 0 heterocycles. The molecule has 4 nitrogen and oxygen atoms in total. The van der Waals surface area contributed by atoms with Crippen molar-refractivity contribution in [2.75, 3.05) is 0 Å². The van der Waals surface area contributed by atoms with Gasteiger partial charge in [0.2, 0.25) is 0 Å². The molecule has 5 heteroatoms. The Morgan fingerprint density at radius 2 is 0.600 bits per heavy atom. The van der Waals surface area contributed by atoms with Crippen LogP contribution in [-0.2, 0) is 16.8 Å². The van der Waals surface area contributed by atoms with E-state index in [1.54, 1.807) is 0 Å². The molecule has 0 aliphatic carbocycles. The molecule has 0 saturated heterocycles. The number of nitrogens with two attached hydrogens (primary N) is 2. The van der Waals surface area contributed by atoms with E-state index in [9.17, 15) is 0 Å². The molecular formula is H10CoN4. The first-order chi connectivity index (χ1) is 0. The smallest absolute Gasteiger partial charge is 0.693 e. The molecule has 0 aromatic rings. The van der Waals surface area contributed by atoms with Gasteiger partial charge in [-0.3, -0.25) is 0 Å². The Bertz CT molecular complexity index is 3.61. The molecule has 1 radical (unpaired) electrons. The van der Waals surface area contributed by atoms with Gasteiger partial charge in [0.1, 0.15) is 0 Å². The Balaban J connectivity index is 0. The van der Waals surface area contributed by atoms with Crippen molar-refractivity contribution in [3.05, 3.63) is 12.3 Å². The van der Waals surface area contributed by atoms with Crippen molar-refractivity contribution in [1.29, 1.82) is 0 Å². The minimum absolute atomic E-state index is 0. The molecular weight excluding hydrogens is 115 g/mol. The van der Waals surface area contributed by atoms with E-state index in [0.29, 0.717) is 0 Å². The molecule has 0 aromatic heterocycles. The second kappa shape index (κ2) is 405. The average Bonchev–Trinajstić information content (AvgIpc) is 0. The molecule has 0 spiro atoms. The van der Waals surface area contributed by atoms with E-state index in [0.717, 1.165) is 0 Å². The molecule has 5 heavy (non-hydrogen) atoms. The zero-order valence-corrected chi connectivity index (χ0v) is 3.94. The molecule has 39 valence electrons. The molecule has 10 N–H and O–H groups in total. The molecule has 0 aliphatic rings. The van der Waals surface area contributed by atoms with Crippen LogP contribution in [0.5, 0.6) is 0 Å². The third-order valence-corrected chi connectivity index (χ3v) is 0. The third-order valence-electron chi connectivity index (χ3n) is 0. The summed E-state index contributed by atoms with van der Waals surface area (Å²) in [4.78, 5) is 0. The van der Waals surface area contributed by atoms with Crippen LogP contribution < -0.4 is 12.3 Å². The quantitative estimate of drug-likeness (QED) is 0.509. The van der Waals surface area contributed by atoms with Gasteiger partial charge in [-0.15, -0.1) is 0 Å². The van der Waals surface area contributed by atoms with E-state index in [1.807, 2.05) is 0 Å². The van der Waals surface area contributed by atoms with E-state index in [1.165, 1.54) is 0 Å². The first kappa shape index (κ1) is 841. The van der Waals surface area contributed by atoms with Crippen LogP contribution in [0.2, 0.25) is 0 Å². The molecule has 0 unspecified atom stereocenters. The summed E-state index contributed by atoms with van der Waals surface area (Å²) in [6.45, 7) is 0. The van der Waals surface area contributed by atoms with Crippen molar-refractivity contribution in [3.8, 4) is 0 Å².